The lowest BCUT2D eigenvalue weighted by Gasteiger charge is -2.21. The number of rotatable bonds is 46. The third-order valence-corrected chi connectivity index (χ3v) is 11.6. The molecule has 0 aromatic heterocycles. The lowest BCUT2D eigenvalue weighted by molar-refractivity contribution is -0.131. The molecule has 4 N–H and O–H groups in total. The third kappa shape index (κ3) is 43.9. The van der Waals surface area contributed by atoms with Crippen LogP contribution in [-0.4, -0.2) is 46.1 Å². The van der Waals surface area contributed by atoms with E-state index in [0.29, 0.717) is 6.42 Å². The molecule has 344 valence electrons. The lowest BCUT2D eigenvalue weighted by atomic mass is 10.0. The Hall–Kier alpha value is -1.95. The Morgan fingerprint density at radius 3 is 1.14 bits per heavy atom. The van der Waals surface area contributed by atoms with Crippen LogP contribution in [0.4, 0.5) is 0 Å². The van der Waals surface area contributed by atoms with Crippen LogP contribution in [0.5, 0.6) is 0 Å². The van der Waals surface area contributed by atoms with E-state index >= 15 is 0 Å². The molecule has 5 nitrogen and oxygen atoms in total. The van der Waals surface area contributed by atoms with Gasteiger partial charge in [-0.1, -0.05) is 235 Å². The van der Waals surface area contributed by atoms with Gasteiger partial charge < -0.3 is 20.6 Å². The lowest BCUT2D eigenvalue weighted by Crippen LogP contribution is -2.48. The van der Waals surface area contributed by atoms with Gasteiger partial charge in [-0.15, -0.1) is 0 Å². The van der Waals surface area contributed by atoms with Crippen LogP contribution in [0, 0.1) is 0 Å². The Bertz CT molecular complexity index is 1000. The van der Waals surface area contributed by atoms with E-state index in [4.69, 9.17) is 0 Å². The summed E-state index contributed by atoms with van der Waals surface area (Å²) in [6, 6.07) is -0.829. The van der Waals surface area contributed by atoms with Gasteiger partial charge in [-0.05, 0) is 77.0 Å². The molecule has 0 fully saturated rings. The average molecular weight is 826 g/mol. The molecule has 0 aliphatic heterocycles. The van der Waals surface area contributed by atoms with Crippen molar-refractivity contribution >= 4 is 5.91 Å². The van der Waals surface area contributed by atoms with Crippen LogP contribution in [0.25, 0.3) is 0 Å². The molecule has 0 heterocycles. The molecule has 0 bridgehead atoms. The molecule has 59 heavy (non-hydrogen) atoms. The number of amides is 1. The highest BCUT2D eigenvalue weighted by atomic mass is 16.3. The monoisotopic (exact) mass is 826 g/mol. The van der Waals surface area contributed by atoms with Gasteiger partial charge in [-0.25, -0.2) is 0 Å². The van der Waals surface area contributed by atoms with Gasteiger partial charge in [0.1, 0.15) is 6.10 Å². The zero-order valence-corrected chi connectivity index (χ0v) is 39.1. The smallest absolute Gasteiger partial charge is 0.249 e. The van der Waals surface area contributed by atoms with Gasteiger partial charge in [0.15, 0.2) is 0 Å². The molecule has 3 atom stereocenters. The minimum Gasteiger partial charge on any atom is -0.394 e. The second kappa shape index (κ2) is 48.7. The minimum atomic E-state index is -1.12. The van der Waals surface area contributed by atoms with Crippen molar-refractivity contribution < 1.29 is 20.1 Å². The van der Waals surface area contributed by atoms with E-state index in [1.807, 2.05) is 6.08 Å². The molecule has 3 unspecified atom stereocenters. The highest BCUT2D eigenvalue weighted by molar-refractivity contribution is 5.80. The number of aliphatic hydroxyl groups excluding tert-OH is 3. The molecule has 1 amide bonds. The largest absolute Gasteiger partial charge is 0.394 e. The van der Waals surface area contributed by atoms with Crippen molar-refractivity contribution in [1.29, 1.82) is 0 Å². The summed E-state index contributed by atoms with van der Waals surface area (Å²) < 4.78 is 0. The van der Waals surface area contributed by atoms with E-state index in [1.54, 1.807) is 6.08 Å². The first-order chi connectivity index (χ1) is 29.1. The number of hydrogen-bond donors (Lipinski definition) is 4. The number of aliphatic hydroxyl groups is 3. The van der Waals surface area contributed by atoms with Gasteiger partial charge in [-0.2, -0.15) is 0 Å². The molecular formula is C54H99NO4. The summed E-state index contributed by atoms with van der Waals surface area (Å²) in [6.45, 7) is 4.18. The maximum Gasteiger partial charge on any atom is 0.249 e. The topological polar surface area (TPSA) is 89.8 Å². The van der Waals surface area contributed by atoms with Crippen molar-refractivity contribution in [2.75, 3.05) is 6.61 Å². The van der Waals surface area contributed by atoms with Gasteiger partial charge in [0, 0.05) is 0 Å². The summed E-state index contributed by atoms with van der Waals surface area (Å²) in [5.74, 6) is -0.525. The predicted octanol–water partition coefficient (Wildman–Crippen LogP) is 15.4. The Morgan fingerprint density at radius 1 is 0.424 bits per heavy atom. The Balaban J connectivity index is 3.73. The van der Waals surface area contributed by atoms with E-state index in [2.05, 4.69) is 67.8 Å². The molecule has 0 aliphatic carbocycles. The Labute approximate surface area is 367 Å². The quantitative estimate of drug-likeness (QED) is 0.0363. The van der Waals surface area contributed by atoms with E-state index < -0.39 is 24.2 Å². The number of nitrogens with one attached hydrogen (secondary N) is 1. The fourth-order valence-electron chi connectivity index (χ4n) is 7.54. The summed E-state index contributed by atoms with van der Waals surface area (Å²) in [5.41, 5.74) is 0. The second-order valence-corrected chi connectivity index (χ2v) is 17.4. The second-order valence-electron chi connectivity index (χ2n) is 17.4. The van der Waals surface area contributed by atoms with Crippen LogP contribution in [0.2, 0.25) is 0 Å². The molecule has 5 heteroatoms. The fraction of sp³-hybridized carbons (Fsp3) is 0.796. The third-order valence-electron chi connectivity index (χ3n) is 11.6. The number of hydrogen-bond acceptors (Lipinski definition) is 4. The molecule has 0 aromatic rings. The fourth-order valence-corrected chi connectivity index (χ4v) is 7.54. The molecule has 0 spiro atoms. The van der Waals surface area contributed by atoms with Gasteiger partial charge in [-0.3, -0.25) is 4.79 Å². The normalized spacial score (nSPS) is 13.9. The first-order valence-corrected chi connectivity index (χ1v) is 25.6. The maximum atomic E-state index is 12.5. The Kier molecular flexibility index (Phi) is 47.1. The van der Waals surface area contributed by atoms with Crippen LogP contribution in [0.15, 0.2) is 60.8 Å². The molecule has 0 radical (unpaired) electrons. The van der Waals surface area contributed by atoms with E-state index in [9.17, 15) is 20.1 Å². The standard InChI is InChI=1S/C54H99NO4/c1-3-5-7-9-11-13-15-17-19-21-23-25-27-29-30-32-34-36-38-40-42-44-46-48-52(57)51(50-56)55-54(59)53(58)49-47-45-43-41-39-37-35-33-31-28-26-24-22-20-18-16-14-12-10-8-6-4-2/h24,26,30-33,38,40,46,48,51-53,56-58H,3-23,25,27-29,34-37,39,41-45,47,49-50H2,1-2H3,(H,55,59)/b26-24-,32-30+,33-31-,40-38+,48-46+. The minimum absolute atomic E-state index is 0.387. The zero-order chi connectivity index (χ0) is 43.0. The summed E-state index contributed by atoms with van der Waals surface area (Å²) in [7, 11) is 0. The highest BCUT2D eigenvalue weighted by Gasteiger charge is 2.22. The van der Waals surface area contributed by atoms with Crippen molar-refractivity contribution in [3.05, 3.63) is 60.8 Å². The summed E-state index contributed by atoms with van der Waals surface area (Å²) in [6.07, 6.45) is 65.6. The van der Waals surface area contributed by atoms with Crippen molar-refractivity contribution in [1.82, 2.24) is 5.32 Å². The van der Waals surface area contributed by atoms with Crippen LogP contribution in [0.3, 0.4) is 0 Å². The first-order valence-electron chi connectivity index (χ1n) is 25.6. The van der Waals surface area contributed by atoms with Crippen LogP contribution in [-0.2, 0) is 4.79 Å². The van der Waals surface area contributed by atoms with Crippen LogP contribution >= 0.6 is 0 Å². The number of allylic oxidation sites excluding steroid dienone is 9. The van der Waals surface area contributed by atoms with Crippen molar-refractivity contribution in [2.45, 2.75) is 270 Å². The summed E-state index contributed by atoms with van der Waals surface area (Å²) in [5, 5.41) is 33.2. The maximum absolute atomic E-state index is 12.5. The molecule has 0 rings (SSSR count). The van der Waals surface area contributed by atoms with Crippen molar-refractivity contribution in [2.24, 2.45) is 0 Å². The number of carbonyl (C=O) groups is 1. The number of carbonyl (C=O) groups excluding carboxylic acids is 1. The zero-order valence-electron chi connectivity index (χ0n) is 39.1. The number of unbranched alkanes of at least 4 members (excludes halogenated alkanes) is 30. The molecule has 0 saturated heterocycles. The molecule has 0 saturated carbocycles. The van der Waals surface area contributed by atoms with E-state index in [-0.39, 0.29) is 6.61 Å². The van der Waals surface area contributed by atoms with Gasteiger partial charge in [0.25, 0.3) is 0 Å². The first kappa shape index (κ1) is 57.1. The predicted molar refractivity (Wildman–Crippen MR) is 259 cm³/mol. The van der Waals surface area contributed by atoms with Crippen LogP contribution < -0.4 is 5.32 Å². The van der Waals surface area contributed by atoms with Gasteiger partial charge in [0.05, 0.1) is 18.8 Å². The van der Waals surface area contributed by atoms with Crippen molar-refractivity contribution in [3.8, 4) is 0 Å². The highest BCUT2D eigenvalue weighted by Crippen LogP contribution is 2.15. The van der Waals surface area contributed by atoms with E-state index in [0.717, 1.165) is 57.8 Å². The Morgan fingerprint density at radius 2 is 0.746 bits per heavy atom. The van der Waals surface area contributed by atoms with Crippen LogP contribution in [0.1, 0.15) is 251 Å². The van der Waals surface area contributed by atoms with Gasteiger partial charge >= 0.3 is 0 Å². The van der Waals surface area contributed by atoms with E-state index in [1.165, 1.54) is 173 Å². The SMILES string of the molecule is CCCCCCCCCCC/C=C\C/C=C\CCCCCCCCC(O)C(=O)NC(CO)C(O)/C=C/CC/C=C/CC/C=C/CCCCCCCCCCCCCCC. The van der Waals surface area contributed by atoms with Crippen molar-refractivity contribution in [3.63, 3.8) is 0 Å². The summed E-state index contributed by atoms with van der Waals surface area (Å²) in [4.78, 5) is 12.5. The molecule has 0 aromatic carbocycles. The molecular weight excluding hydrogens is 727 g/mol. The summed E-state index contributed by atoms with van der Waals surface area (Å²) >= 11 is 0. The average Bonchev–Trinajstić information content (AvgIpc) is 3.24. The molecule has 0 aliphatic rings. The van der Waals surface area contributed by atoms with Gasteiger partial charge in [0.2, 0.25) is 5.91 Å².